The first-order valence-electron chi connectivity index (χ1n) is 13.5. The molecule has 0 heterocycles. The van der Waals surface area contributed by atoms with Crippen molar-refractivity contribution < 1.29 is 0 Å². The van der Waals surface area contributed by atoms with E-state index in [0.717, 1.165) is 11.1 Å². The Hall–Kier alpha value is -5.45. The topological polar surface area (TPSA) is 23.8 Å². The summed E-state index contributed by atoms with van der Waals surface area (Å²) >= 11 is 0. The fraction of sp³-hybridized carbons (Fsp3) is 0. The number of nitrogens with zero attached hydrogens (tertiary/aromatic N) is 1. The molecule has 0 aliphatic rings. The highest BCUT2D eigenvalue weighted by atomic mass is 14.2. The molecule has 0 saturated heterocycles. The van der Waals surface area contributed by atoms with Crippen molar-refractivity contribution in [2.75, 3.05) is 0 Å². The summed E-state index contributed by atoms with van der Waals surface area (Å²) in [6.07, 6.45) is 0. The van der Waals surface area contributed by atoms with E-state index in [9.17, 15) is 0 Å². The molecule has 7 rings (SSSR count). The molecule has 0 bridgehead atoms. The summed E-state index contributed by atoms with van der Waals surface area (Å²) in [5.74, 6) is 0. The second-order valence-electron chi connectivity index (χ2n) is 10.1. The van der Waals surface area contributed by atoms with Crippen LogP contribution in [0.5, 0.6) is 0 Å². The highest BCUT2D eigenvalue weighted by Gasteiger charge is 2.10. The van der Waals surface area contributed by atoms with E-state index in [1.165, 1.54) is 54.9 Å². The third-order valence-corrected chi connectivity index (χ3v) is 7.75. The Morgan fingerprint density at radius 1 is 0.350 bits per heavy atom. The highest BCUT2D eigenvalue weighted by Crippen LogP contribution is 2.37. The van der Waals surface area contributed by atoms with Gasteiger partial charge in [-0.25, -0.2) is 0 Å². The van der Waals surface area contributed by atoms with Crippen molar-refractivity contribution in [2.45, 2.75) is 0 Å². The van der Waals surface area contributed by atoms with Crippen LogP contribution in [0.3, 0.4) is 0 Å². The van der Waals surface area contributed by atoms with Gasteiger partial charge in [0.15, 0.2) is 0 Å². The average molecular weight is 508 g/mol. The van der Waals surface area contributed by atoms with Crippen molar-refractivity contribution in [1.82, 2.24) is 0 Å². The Kier molecular flexibility index (Phi) is 5.93. The molecule has 0 unspecified atom stereocenters. The van der Waals surface area contributed by atoms with Gasteiger partial charge in [0.25, 0.3) is 0 Å². The zero-order valence-electron chi connectivity index (χ0n) is 21.9. The van der Waals surface area contributed by atoms with Gasteiger partial charge in [-0.15, -0.1) is 0 Å². The summed E-state index contributed by atoms with van der Waals surface area (Å²) in [6, 6.07) is 55.8. The largest absolute Gasteiger partial charge is 0.192 e. The fourth-order valence-electron chi connectivity index (χ4n) is 5.59. The number of rotatable bonds is 4. The number of nitriles is 1. The lowest BCUT2D eigenvalue weighted by molar-refractivity contribution is 1.48. The van der Waals surface area contributed by atoms with Gasteiger partial charge in [0.2, 0.25) is 0 Å². The van der Waals surface area contributed by atoms with Gasteiger partial charge in [-0.1, -0.05) is 133 Å². The SMILES string of the molecule is N#Cc1ccc(-c2ccc(-c3ccc(-c4ccc(-c5ccc6ccccc6c5)cc4)c4ccccc34)cc2)cc1. The van der Waals surface area contributed by atoms with Gasteiger partial charge in [0.05, 0.1) is 11.6 Å². The molecule has 7 aromatic carbocycles. The minimum Gasteiger partial charge on any atom is -0.192 e. The van der Waals surface area contributed by atoms with Crippen LogP contribution in [0.4, 0.5) is 0 Å². The van der Waals surface area contributed by atoms with E-state index in [-0.39, 0.29) is 0 Å². The summed E-state index contributed by atoms with van der Waals surface area (Å²) in [4.78, 5) is 0. The van der Waals surface area contributed by atoms with Gasteiger partial charge >= 0.3 is 0 Å². The van der Waals surface area contributed by atoms with Crippen LogP contribution in [-0.4, -0.2) is 0 Å². The maximum Gasteiger partial charge on any atom is 0.0991 e. The van der Waals surface area contributed by atoms with E-state index in [1.807, 2.05) is 24.3 Å². The van der Waals surface area contributed by atoms with Crippen molar-refractivity contribution in [3.05, 3.63) is 157 Å². The second kappa shape index (κ2) is 10.0. The number of fused-ring (bicyclic) bond motifs is 2. The maximum atomic E-state index is 9.08. The lowest BCUT2D eigenvalue weighted by Crippen LogP contribution is -1.87. The zero-order valence-corrected chi connectivity index (χ0v) is 21.9. The monoisotopic (exact) mass is 507 g/mol. The van der Waals surface area contributed by atoms with Gasteiger partial charge in [-0.3, -0.25) is 0 Å². The molecule has 1 heteroatoms. The quantitative estimate of drug-likeness (QED) is 0.232. The average Bonchev–Trinajstić information content (AvgIpc) is 3.04. The molecule has 0 atom stereocenters. The molecule has 7 aromatic rings. The minimum absolute atomic E-state index is 0.676. The lowest BCUT2D eigenvalue weighted by atomic mass is 9.91. The van der Waals surface area contributed by atoms with Crippen molar-refractivity contribution in [1.29, 1.82) is 5.26 Å². The molecule has 0 radical (unpaired) electrons. The molecule has 0 fully saturated rings. The Labute approximate surface area is 234 Å². The maximum absolute atomic E-state index is 9.08. The first-order valence-corrected chi connectivity index (χ1v) is 13.5. The molecule has 0 amide bonds. The molecule has 186 valence electrons. The molecule has 40 heavy (non-hydrogen) atoms. The Balaban J connectivity index is 1.22. The van der Waals surface area contributed by atoms with E-state index >= 15 is 0 Å². The van der Waals surface area contributed by atoms with Crippen molar-refractivity contribution in [3.8, 4) is 50.6 Å². The van der Waals surface area contributed by atoms with Crippen LogP contribution >= 0.6 is 0 Å². The number of benzene rings is 7. The van der Waals surface area contributed by atoms with Gasteiger partial charge in [0, 0.05) is 0 Å². The Bertz CT molecular complexity index is 2020. The molecule has 1 nitrogen and oxygen atoms in total. The van der Waals surface area contributed by atoms with Crippen LogP contribution in [0.25, 0.3) is 66.1 Å². The second-order valence-corrected chi connectivity index (χ2v) is 10.1. The third-order valence-electron chi connectivity index (χ3n) is 7.75. The summed E-state index contributed by atoms with van der Waals surface area (Å²) in [5.41, 5.74) is 10.2. The zero-order chi connectivity index (χ0) is 26.9. The molecule has 0 aliphatic carbocycles. The van der Waals surface area contributed by atoms with Crippen LogP contribution in [0.2, 0.25) is 0 Å². The summed E-state index contributed by atoms with van der Waals surface area (Å²) in [7, 11) is 0. The first kappa shape index (κ1) is 23.7. The first-order chi connectivity index (χ1) is 19.8. The van der Waals surface area contributed by atoms with E-state index in [2.05, 4.69) is 133 Å². The molecular formula is C39H25N. The Morgan fingerprint density at radius 2 is 0.775 bits per heavy atom. The van der Waals surface area contributed by atoms with Gasteiger partial charge in [-0.2, -0.15) is 5.26 Å². The van der Waals surface area contributed by atoms with E-state index < -0.39 is 0 Å². The van der Waals surface area contributed by atoms with E-state index in [1.54, 1.807) is 0 Å². The van der Waals surface area contributed by atoms with Crippen LogP contribution < -0.4 is 0 Å². The van der Waals surface area contributed by atoms with Crippen molar-refractivity contribution in [2.24, 2.45) is 0 Å². The predicted octanol–water partition coefficient (Wildman–Crippen LogP) is 10.5. The molecule has 0 aliphatic heterocycles. The summed E-state index contributed by atoms with van der Waals surface area (Å²) in [6.45, 7) is 0. The third kappa shape index (κ3) is 4.33. The Morgan fingerprint density at radius 3 is 1.32 bits per heavy atom. The van der Waals surface area contributed by atoms with E-state index in [4.69, 9.17) is 5.26 Å². The summed E-state index contributed by atoms with van der Waals surface area (Å²) < 4.78 is 0. The van der Waals surface area contributed by atoms with Crippen LogP contribution in [0.15, 0.2) is 152 Å². The summed E-state index contributed by atoms with van der Waals surface area (Å²) in [5, 5.41) is 14.1. The molecule has 0 spiro atoms. The number of hydrogen-bond acceptors (Lipinski definition) is 1. The smallest absolute Gasteiger partial charge is 0.0991 e. The van der Waals surface area contributed by atoms with Crippen LogP contribution in [0.1, 0.15) is 5.56 Å². The highest BCUT2D eigenvalue weighted by molar-refractivity contribution is 6.05. The minimum atomic E-state index is 0.676. The van der Waals surface area contributed by atoms with Crippen LogP contribution in [-0.2, 0) is 0 Å². The van der Waals surface area contributed by atoms with Gasteiger partial charge in [-0.05, 0) is 84.3 Å². The van der Waals surface area contributed by atoms with Crippen LogP contribution in [0, 0.1) is 11.3 Å². The molecule has 0 N–H and O–H groups in total. The van der Waals surface area contributed by atoms with E-state index in [0.29, 0.717) is 5.56 Å². The van der Waals surface area contributed by atoms with Crippen molar-refractivity contribution in [3.63, 3.8) is 0 Å². The van der Waals surface area contributed by atoms with Gasteiger partial charge in [0.1, 0.15) is 0 Å². The van der Waals surface area contributed by atoms with Crippen molar-refractivity contribution >= 4 is 21.5 Å². The lowest BCUT2D eigenvalue weighted by Gasteiger charge is -2.13. The predicted molar refractivity (Wildman–Crippen MR) is 168 cm³/mol. The number of hydrogen-bond donors (Lipinski definition) is 0. The standard InChI is InChI=1S/C39H25N/c40-26-27-9-11-29(12-10-27)30-13-18-32(19-14-30)36-23-24-37(39-8-4-3-7-38(36)39)33-20-15-31(16-21-33)35-22-17-28-5-1-2-6-34(28)25-35/h1-25H. The fourth-order valence-corrected chi connectivity index (χ4v) is 5.59. The molecule has 0 saturated carbocycles. The van der Waals surface area contributed by atoms with Gasteiger partial charge < -0.3 is 0 Å². The normalized spacial score (nSPS) is 11.0. The molecular weight excluding hydrogens is 482 g/mol. The molecule has 0 aromatic heterocycles.